The van der Waals surface area contributed by atoms with Gasteiger partial charge in [0.2, 0.25) is 0 Å². The molecule has 0 amide bonds. The van der Waals surface area contributed by atoms with Crippen LogP contribution in [0.2, 0.25) is 0 Å². The first-order valence-electron chi connectivity index (χ1n) is 15.4. The van der Waals surface area contributed by atoms with Crippen LogP contribution >= 0.6 is 0 Å². The van der Waals surface area contributed by atoms with Gasteiger partial charge in [0.1, 0.15) is 11.8 Å². The SMILES string of the molecule is O=C(O)C(C1CCCCC1)N1CC(CN2CCC(c3cc(Cc4ccccc4)on3)CC2)C(c2ccccc2)C1. The summed E-state index contributed by atoms with van der Waals surface area (Å²) in [7, 11) is 0. The number of aromatic nitrogens is 1. The Morgan fingerprint density at radius 1 is 0.925 bits per heavy atom. The number of carboxylic acids is 1. The summed E-state index contributed by atoms with van der Waals surface area (Å²) < 4.78 is 5.71. The summed E-state index contributed by atoms with van der Waals surface area (Å²) in [5.41, 5.74) is 3.69. The van der Waals surface area contributed by atoms with Crippen molar-refractivity contribution in [3.05, 3.63) is 89.3 Å². The van der Waals surface area contributed by atoms with Crippen molar-refractivity contribution in [3.8, 4) is 0 Å². The molecule has 2 saturated heterocycles. The van der Waals surface area contributed by atoms with E-state index in [1.807, 2.05) is 6.07 Å². The lowest BCUT2D eigenvalue weighted by Crippen LogP contribution is -2.46. The highest BCUT2D eigenvalue weighted by Crippen LogP contribution is 2.39. The van der Waals surface area contributed by atoms with Gasteiger partial charge in [-0.1, -0.05) is 85.1 Å². The number of hydrogen-bond acceptors (Lipinski definition) is 5. The molecule has 1 aliphatic carbocycles. The lowest BCUT2D eigenvalue weighted by atomic mass is 9.83. The van der Waals surface area contributed by atoms with Gasteiger partial charge < -0.3 is 14.5 Å². The minimum atomic E-state index is -0.626. The van der Waals surface area contributed by atoms with E-state index in [-0.39, 0.29) is 12.0 Å². The maximum absolute atomic E-state index is 12.5. The minimum Gasteiger partial charge on any atom is -0.480 e. The molecule has 0 radical (unpaired) electrons. The second-order valence-corrected chi connectivity index (χ2v) is 12.4. The highest BCUT2D eigenvalue weighted by Gasteiger charge is 2.43. The predicted molar refractivity (Wildman–Crippen MR) is 156 cm³/mol. The van der Waals surface area contributed by atoms with E-state index in [0.717, 1.165) is 76.3 Å². The minimum absolute atomic E-state index is 0.284. The summed E-state index contributed by atoms with van der Waals surface area (Å²) >= 11 is 0. The molecule has 1 saturated carbocycles. The van der Waals surface area contributed by atoms with Crippen molar-refractivity contribution in [3.63, 3.8) is 0 Å². The third kappa shape index (κ3) is 6.34. The highest BCUT2D eigenvalue weighted by molar-refractivity contribution is 5.74. The lowest BCUT2D eigenvalue weighted by Gasteiger charge is -2.35. The zero-order chi connectivity index (χ0) is 27.3. The molecule has 3 heterocycles. The van der Waals surface area contributed by atoms with Gasteiger partial charge in [-0.25, -0.2) is 0 Å². The monoisotopic (exact) mass is 541 g/mol. The van der Waals surface area contributed by atoms with Gasteiger partial charge in [0, 0.05) is 44.0 Å². The fourth-order valence-electron chi connectivity index (χ4n) is 7.65. The summed E-state index contributed by atoms with van der Waals surface area (Å²) in [4.78, 5) is 17.5. The topological polar surface area (TPSA) is 69.8 Å². The summed E-state index contributed by atoms with van der Waals surface area (Å²) in [5, 5.41) is 14.8. The molecule has 3 aliphatic rings. The quantitative estimate of drug-likeness (QED) is 0.348. The van der Waals surface area contributed by atoms with Crippen molar-refractivity contribution in [2.45, 2.75) is 69.2 Å². The summed E-state index contributed by atoms with van der Waals surface area (Å²) in [6.07, 6.45) is 8.64. The average Bonchev–Trinajstić information content (AvgIpc) is 3.62. The third-order valence-electron chi connectivity index (χ3n) is 9.74. The zero-order valence-electron chi connectivity index (χ0n) is 23.5. The Hall–Kier alpha value is -2.96. The fourth-order valence-corrected chi connectivity index (χ4v) is 7.65. The number of carbonyl (C=O) groups is 1. The summed E-state index contributed by atoms with van der Waals surface area (Å²) in [6.45, 7) is 4.85. The lowest BCUT2D eigenvalue weighted by molar-refractivity contribution is -0.145. The number of likely N-dealkylation sites (tertiary alicyclic amines) is 2. The third-order valence-corrected chi connectivity index (χ3v) is 9.74. The van der Waals surface area contributed by atoms with Crippen LogP contribution in [0, 0.1) is 11.8 Å². The van der Waals surface area contributed by atoms with E-state index in [4.69, 9.17) is 4.52 Å². The molecule has 6 rings (SSSR count). The Balaban J connectivity index is 1.09. The molecule has 1 N–H and O–H groups in total. The largest absolute Gasteiger partial charge is 0.480 e. The van der Waals surface area contributed by atoms with Crippen LogP contribution in [0.5, 0.6) is 0 Å². The number of rotatable bonds is 9. The summed E-state index contributed by atoms with van der Waals surface area (Å²) in [6, 6.07) is 23.0. The maximum atomic E-state index is 12.5. The van der Waals surface area contributed by atoms with Crippen molar-refractivity contribution >= 4 is 5.97 Å². The molecule has 6 heteroatoms. The molecule has 212 valence electrons. The number of nitrogens with zero attached hydrogens (tertiary/aromatic N) is 3. The zero-order valence-corrected chi connectivity index (χ0v) is 23.5. The standard InChI is InChI=1S/C34H43N3O3/c38-34(39)33(28-14-8-3-9-15-28)37-23-29(31(24-37)26-12-6-2-7-13-26)22-36-18-16-27(17-19-36)32-21-30(40-35-32)20-25-10-4-1-5-11-25/h1-2,4-7,10-13,21,27-29,31,33H,3,8-9,14-20,22-24H2,(H,38,39). The summed E-state index contributed by atoms with van der Waals surface area (Å²) in [5.74, 6) is 1.85. The van der Waals surface area contributed by atoms with Crippen molar-refractivity contribution in [1.29, 1.82) is 0 Å². The van der Waals surface area contributed by atoms with E-state index in [0.29, 0.717) is 17.8 Å². The van der Waals surface area contributed by atoms with Crippen LogP contribution in [0.25, 0.3) is 0 Å². The molecule has 3 unspecified atom stereocenters. The van der Waals surface area contributed by atoms with E-state index in [1.54, 1.807) is 0 Å². The number of hydrogen-bond donors (Lipinski definition) is 1. The van der Waals surface area contributed by atoms with Gasteiger partial charge in [-0.15, -0.1) is 0 Å². The van der Waals surface area contributed by atoms with Crippen LogP contribution in [0.4, 0.5) is 0 Å². The van der Waals surface area contributed by atoms with E-state index < -0.39 is 5.97 Å². The number of carboxylic acid groups (broad SMARTS) is 1. The van der Waals surface area contributed by atoms with E-state index in [1.165, 1.54) is 30.4 Å². The second kappa shape index (κ2) is 12.7. The first-order chi connectivity index (χ1) is 19.6. The molecule has 3 aromatic rings. The smallest absolute Gasteiger partial charge is 0.321 e. The first kappa shape index (κ1) is 27.2. The Labute approximate surface area is 238 Å². The molecule has 6 nitrogen and oxygen atoms in total. The average molecular weight is 542 g/mol. The predicted octanol–water partition coefficient (Wildman–Crippen LogP) is 6.19. The van der Waals surface area contributed by atoms with Gasteiger partial charge in [0.15, 0.2) is 0 Å². The van der Waals surface area contributed by atoms with Gasteiger partial charge in [0.25, 0.3) is 0 Å². The Kier molecular flexibility index (Phi) is 8.64. The fraction of sp³-hybridized carbons (Fsp3) is 0.529. The van der Waals surface area contributed by atoms with Crippen LogP contribution < -0.4 is 0 Å². The van der Waals surface area contributed by atoms with Gasteiger partial charge >= 0.3 is 5.97 Å². The molecular weight excluding hydrogens is 498 g/mol. The van der Waals surface area contributed by atoms with Crippen LogP contribution in [-0.4, -0.2) is 64.8 Å². The Bertz CT molecular complexity index is 1220. The van der Waals surface area contributed by atoms with Crippen molar-refractivity contribution in [1.82, 2.24) is 15.0 Å². The molecule has 0 spiro atoms. The Morgan fingerprint density at radius 2 is 1.62 bits per heavy atom. The van der Waals surface area contributed by atoms with Gasteiger partial charge in [-0.2, -0.15) is 0 Å². The van der Waals surface area contributed by atoms with Crippen LogP contribution in [-0.2, 0) is 11.2 Å². The molecular formula is C34H43N3O3. The number of aliphatic carboxylic acids is 1. The highest BCUT2D eigenvalue weighted by atomic mass is 16.5. The van der Waals surface area contributed by atoms with Crippen molar-refractivity contribution < 1.29 is 14.4 Å². The number of piperidine rings is 1. The van der Waals surface area contributed by atoms with Crippen molar-refractivity contribution in [2.24, 2.45) is 11.8 Å². The van der Waals surface area contributed by atoms with Gasteiger partial charge in [-0.3, -0.25) is 9.69 Å². The van der Waals surface area contributed by atoms with Crippen LogP contribution in [0.1, 0.15) is 79.4 Å². The van der Waals surface area contributed by atoms with Crippen LogP contribution in [0.3, 0.4) is 0 Å². The van der Waals surface area contributed by atoms with Crippen LogP contribution in [0.15, 0.2) is 71.3 Å². The molecule has 3 fully saturated rings. The molecule has 2 aromatic carbocycles. The molecule has 40 heavy (non-hydrogen) atoms. The van der Waals surface area contributed by atoms with E-state index in [9.17, 15) is 9.90 Å². The van der Waals surface area contributed by atoms with Gasteiger partial charge in [-0.05, 0) is 61.7 Å². The van der Waals surface area contributed by atoms with E-state index >= 15 is 0 Å². The molecule has 1 aromatic heterocycles. The molecule has 0 bridgehead atoms. The van der Waals surface area contributed by atoms with E-state index in [2.05, 4.69) is 75.6 Å². The Morgan fingerprint density at radius 3 is 2.33 bits per heavy atom. The normalized spacial score (nSPS) is 24.3. The second-order valence-electron chi connectivity index (χ2n) is 12.4. The molecule has 3 atom stereocenters. The maximum Gasteiger partial charge on any atom is 0.321 e. The molecule has 2 aliphatic heterocycles. The number of benzene rings is 2. The first-order valence-corrected chi connectivity index (χ1v) is 15.4. The van der Waals surface area contributed by atoms with Crippen molar-refractivity contribution in [2.75, 3.05) is 32.7 Å². The van der Waals surface area contributed by atoms with Gasteiger partial charge in [0.05, 0.1) is 5.69 Å².